The fourth-order valence-electron chi connectivity index (χ4n) is 3.07. The van der Waals surface area contributed by atoms with Gasteiger partial charge >= 0.3 is 0 Å². The lowest BCUT2D eigenvalue weighted by atomic mass is 10.1. The van der Waals surface area contributed by atoms with Crippen LogP contribution in [0.3, 0.4) is 0 Å². The molecule has 0 spiro atoms. The summed E-state index contributed by atoms with van der Waals surface area (Å²) in [4.78, 5) is 16.6. The van der Waals surface area contributed by atoms with Crippen molar-refractivity contribution in [3.63, 3.8) is 0 Å². The van der Waals surface area contributed by atoms with E-state index >= 15 is 0 Å². The van der Waals surface area contributed by atoms with E-state index in [0.717, 1.165) is 17.7 Å². The topological polar surface area (TPSA) is 72.7 Å². The summed E-state index contributed by atoms with van der Waals surface area (Å²) < 4.78 is 1.94. The number of amides is 1. The zero-order valence-electron chi connectivity index (χ0n) is 17.1. The average molecular weight is 484 g/mol. The molecule has 0 saturated heterocycles. The molecule has 0 aliphatic heterocycles. The third-order valence-corrected chi connectivity index (χ3v) is 6.20. The van der Waals surface area contributed by atoms with Gasteiger partial charge in [0.25, 0.3) is 0 Å². The van der Waals surface area contributed by atoms with Crippen LogP contribution >= 0.6 is 35.0 Å². The number of carbonyl (C=O) groups is 1. The van der Waals surface area contributed by atoms with E-state index in [4.69, 9.17) is 23.2 Å². The summed E-state index contributed by atoms with van der Waals surface area (Å²) >= 11 is 13.4. The summed E-state index contributed by atoms with van der Waals surface area (Å²) in [6.07, 6.45) is 4.38. The molecule has 32 heavy (non-hydrogen) atoms. The second kappa shape index (κ2) is 10.2. The lowest BCUT2D eigenvalue weighted by Crippen LogP contribution is -2.15. The molecule has 0 fully saturated rings. The number of benzene rings is 2. The highest BCUT2D eigenvalue weighted by Gasteiger charge is 2.18. The van der Waals surface area contributed by atoms with Gasteiger partial charge in [-0.15, -0.1) is 10.2 Å². The van der Waals surface area contributed by atoms with Gasteiger partial charge in [-0.1, -0.05) is 54.0 Å². The maximum absolute atomic E-state index is 12.6. The van der Waals surface area contributed by atoms with E-state index in [1.54, 1.807) is 30.6 Å². The van der Waals surface area contributed by atoms with Crippen LogP contribution in [-0.4, -0.2) is 31.4 Å². The largest absolute Gasteiger partial charge is 0.324 e. The van der Waals surface area contributed by atoms with Crippen LogP contribution in [0.1, 0.15) is 12.5 Å². The smallest absolute Gasteiger partial charge is 0.234 e. The molecule has 2 aromatic heterocycles. The highest BCUT2D eigenvalue weighted by molar-refractivity contribution is 7.99. The first-order chi connectivity index (χ1) is 15.5. The van der Waals surface area contributed by atoms with Gasteiger partial charge < -0.3 is 5.32 Å². The number of aromatic nitrogens is 4. The van der Waals surface area contributed by atoms with Gasteiger partial charge in [0, 0.05) is 28.7 Å². The molecule has 0 atom stereocenters. The Bertz CT molecular complexity index is 1230. The minimum atomic E-state index is -0.222. The number of carbonyl (C=O) groups excluding carboxylic acids is 1. The van der Waals surface area contributed by atoms with Crippen molar-refractivity contribution in [3.8, 4) is 17.1 Å². The van der Waals surface area contributed by atoms with E-state index in [9.17, 15) is 4.79 Å². The molecular weight excluding hydrogens is 465 g/mol. The monoisotopic (exact) mass is 483 g/mol. The number of hydrogen-bond donors (Lipinski definition) is 1. The summed E-state index contributed by atoms with van der Waals surface area (Å²) in [5.74, 6) is 0.586. The van der Waals surface area contributed by atoms with Crippen LogP contribution in [0, 0.1) is 0 Å². The molecule has 0 aliphatic carbocycles. The number of hydrogen-bond acceptors (Lipinski definition) is 5. The molecule has 1 amide bonds. The summed E-state index contributed by atoms with van der Waals surface area (Å²) in [5, 5.41) is 13.1. The van der Waals surface area contributed by atoms with Crippen LogP contribution < -0.4 is 5.32 Å². The van der Waals surface area contributed by atoms with Crippen molar-refractivity contribution in [1.29, 1.82) is 0 Å². The quantitative estimate of drug-likeness (QED) is 0.329. The molecule has 0 aliphatic rings. The van der Waals surface area contributed by atoms with Gasteiger partial charge in [-0.3, -0.25) is 14.3 Å². The van der Waals surface area contributed by atoms with Crippen LogP contribution in [0.25, 0.3) is 17.1 Å². The molecule has 0 radical (unpaired) electrons. The van der Waals surface area contributed by atoms with Crippen LogP contribution in [0.4, 0.5) is 5.69 Å². The number of thioether (sulfide) groups is 1. The van der Waals surface area contributed by atoms with Crippen LogP contribution in [-0.2, 0) is 11.2 Å². The van der Waals surface area contributed by atoms with Gasteiger partial charge in [-0.05, 0) is 54.4 Å². The Balaban J connectivity index is 1.60. The number of nitrogens with zero attached hydrogens (tertiary/aromatic N) is 4. The van der Waals surface area contributed by atoms with Crippen molar-refractivity contribution in [2.45, 2.75) is 18.5 Å². The molecule has 9 heteroatoms. The molecule has 0 unspecified atom stereocenters. The summed E-state index contributed by atoms with van der Waals surface area (Å²) in [6, 6.07) is 16.9. The summed E-state index contributed by atoms with van der Waals surface area (Å²) in [5.41, 5.74) is 3.51. The van der Waals surface area contributed by atoms with E-state index in [0.29, 0.717) is 26.7 Å². The van der Waals surface area contributed by atoms with E-state index in [2.05, 4.69) is 39.6 Å². The van der Waals surface area contributed by atoms with E-state index < -0.39 is 0 Å². The normalized spacial score (nSPS) is 10.8. The van der Waals surface area contributed by atoms with Gasteiger partial charge in [0.15, 0.2) is 11.0 Å². The molecule has 2 aromatic carbocycles. The standard InChI is InChI=1S/C23H19Cl2N5OS/c1-2-15-3-6-18(7-4-15)30-22(16-9-11-26-12-10-16)28-29-23(30)32-14-21(31)27-20-13-17(24)5-8-19(20)25/h3-13H,2,14H2,1H3,(H,27,31). The van der Waals surface area contributed by atoms with Gasteiger partial charge in [0.05, 0.1) is 16.5 Å². The number of halogens is 2. The van der Waals surface area contributed by atoms with E-state index in [1.807, 2.05) is 28.8 Å². The SMILES string of the molecule is CCc1ccc(-n2c(SCC(=O)Nc3cc(Cl)ccc3Cl)nnc2-c2ccncc2)cc1. The van der Waals surface area contributed by atoms with Crippen LogP contribution in [0.5, 0.6) is 0 Å². The van der Waals surface area contributed by atoms with E-state index in [-0.39, 0.29) is 11.7 Å². The highest BCUT2D eigenvalue weighted by atomic mass is 35.5. The van der Waals surface area contributed by atoms with Crippen molar-refractivity contribution in [2.24, 2.45) is 0 Å². The first kappa shape index (κ1) is 22.3. The fourth-order valence-corrected chi connectivity index (χ4v) is 4.16. The zero-order valence-corrected chi connectivity index (χ0v) is 19.5. The lowest BCUT2D eigenvalue weighted by Gasteiger charge is -2.11. The van der Waals surface area contributed by atoms with Crippen molar-refractivity contribution >= 4 is 46.6 Å². The Labute approximate surface area is 200 Å². The summed E-state index contributed by atoms with van der Waals surface area (Å²) in [7, 11) is 0. The molecule has 0 saturated carbocycles. The predicted molar refractivity (Wildman–Crippen MR) is 130 cm³/mol. The zero-order chi connectivity index (χ0) is 22.5. The number of anilines is 1. The molecule has 0 bridgehead atoms. The second-order valence-corrected chi connectivity index (χ2v) is 8.64. The Kier molecular flexibility index (Phi) is 7.09. The number of rotatable bonds is 7. The fraction of sp³-hybridized carbons (Fsp3) is 0.130. The first-order valence-corrected chi connectivity index (χ1v) is 11.6. The Morgan fingerprint density at radius 1 is 1.03 bits per heavy atom. The summed E-state index contributed by atoms with van der Waals surface area (Å²) in [6.45, 7) is 2.11. The number of nitrogens with one attached hydrogen (secondary N) is 1. The Morgan fingerprint density at radius 3 is 2.50 bits per heavy atom. The van der Waals surface area contributed by atoms with Crippen molar-refractivity contribution in [2.75, 3.05) is 11.1 Å². The number of pyridine rings is 1. The predicted octanol–water partition coefficient (Wildman–Crippen LogP) is 5.93. The molecule has 2 heterocycles. The Hall–Kier alpha value is -2.87. The molecular formula is C23H19Cl2N5OS. The third-order valence-electron chi connectivity index (χ3n) is 4.71. The molecule has 4 aromatic rings. The number of aryl methyl sites for hydroxylation is 1. The van der Waals surface area contributed by atoms with Crippen molar-refractivity contribution in [1.82, 2.24) is 19.7 Å². The minimum absolute atomic E-state index is 0.129. The minimum Gasteiger partial charge on any atom is -0.324 e. The van der Waals surface area contributed by atoms with Crippen LogP contribution in [0.2, 0.25) is 10.0 Å². The average Bonchev–Trinajstić information content (AvgIpc) is 3.25. The molecule has 6 nitrogen and oxygen atoms in total. The Morgan fingerprint density at radius 2 is 1.78 bits per heavy atom. The van der Waals surface area contributed by atoms with Crippen LogP contribution in [0.15, 0.2) is 72.1 Å². The first-order valence-electron chi connectivity index (χ1n) is 9.88. The van der Waals surface area contributed by atoms with Gasteiger partial charge in [-0.25, -0.2) is 0 Å². The van der Waals surface area contributed by atoms with Gasteiger partial charge in [0.1, 0.15) is 0 Å². The lowest BCUT2D eigenvalue weighted by molar-refractivity contribution is -0.113. The second-order valence-electron chi connectivity index (χ2n) is 6.86. The van der Waals surface area contributed by atoms with Gasteiger partial charge in [-0.2, -0.15) is 0 Å². The third kappa shape index (κ3) is 5.12. The molecule has 1 N–H and O–H groups in total. The molecule has 4 rings (SSSR count). The highest BCUT2D eigenvalue weighted by Crippen LogP contribution is 2.29. The molecule has 162 valence electrons. The maximum Gasteiger partial charge on any atom is 0.234 e. The van der Waals surface area contributed by atoms with Gasteiger partial charge in [0.2, 0.25) is 5.91 Å². The van der Waals surface area contributed by atoms with Crippen molar-refractivity contribution in [3.05, 3.63) is 82.6 Å². The maximum atomic E-state index is 12.6. The van der Waals surface area contributed by atoms with Crippen molar-refractivity contribution < 1.29 is 4.79 Å². The van der Waals surface area contributed by atoms with E-state index in [1.165, 1.54) is 17.3 Å².